The second kappa shape index (κ2) is 7.01. The summed E-state index contributed by atoms with van der Waals surface area (Å²) < 4.78 is 0. The summed E-state index contributed by atoms with van der Waals surface area (Å²) in [4.78, 5) is 2.52. The van der Waals surface area contributed by atoms with Gasteiger partial charge < -0.3 is 15.3 Å². The van der Waals surface area contributed by atoms with Crippen LogP contribution in [0.15, 0.2) is 24.3 Å². The second-order valence-electron chi connectivity index (χ2n) is 7.27. The zero-order chi connectivity index (χ0) is 15.4. The van der Waals surface area contributed by atoms with Crippen molar-refractivity contribution in [1.82, 2.24) is 5.32 Å². The molecule has 2 aliphatic rings. The van der Waals surface area contributed by atoms with E-state index < -0.39 is 0 Å². The standard InChI is InChI=1S/C19H30N2O/c1-19(15-22,17-8-9-17)20-14-16-6-10-18(11-7-16)21-12-4-2-3-5-13-21/h6-7,10-11,17,20,22H,2-5,8-9,12-15H2,1H3. The fourth-order valence-corrected chi connectivity index (χ4v) is 3.51. The molecule has 1 aliphatic heterocycles. The van der Waals surface area contributed by atoms with Crippen LogP contribution in [0.3, 0.4) is 0 Å². The molecule has 122 valence electrons. The lowest BCUT2D eigenvalue weighted by Crippen LogP contribution is -2.47. The Morgan fingerprint density at radius 2 is 1.73 bits per heavy atom. The quantitative estimate of drug-likeness (QED) is 0.846. The molecule has 0 radical (unpaired) electrons. The molecule has 0 bridgehead atoms. The molecule has 22 heavy (non-hydrogen) atoms. The summed E-state index contributed by atoms with van der Waals surface area (Å²) in [5.41, 5.74) is 2.56. The number of nitrogens with zero attached hydrogens (tertiary/aromatic N) is 1. The van der Waals surface area contributed by atoms with Gasteiger partial charge >= 0.3 is 0 Å². The van der Waals surface area contributed by atoms with E-state index in [1.165, 1.54) is 62.9 Å². The third-order valence-electron chi connectivity index (χ3n) is 5.41. The highest BCUT2D eigenvalue weighted by atomic mass is 16.3. The Hall–Kier alpha value is -1.06. The molecule has 0 spiro atoms. The number of aliphatic hydroxyl groups is 1. The lowest BCUT2D eigenvalue weighted by Gasteiger charge is -2.29. The Morgan fingerprint density at radius 1 is 1.09 bits per heavy atom. The number of hydrogen-bond donors (Lipinski definition) is 2. The Kier molecular flexibility index (Phi) is 5.04. The van der Waals surface area contributed by atoms with Gasteiger partial charge in [-0.25, -0.2) is 0 Å². The van der Waals surface area contributed by atoms with Gasteiger partial charge in [0.05, 0.1) is 6.61 Å². The van der Waals surface area contributed by atoms with Crippen molar-refractivity contribution < 1.29 is 5.11 Å². The van der Waals surface area contributed by atoms with Gasteiger partial charge in [-0.15, -0.1) is 0 Å². The smallest absolute Gasteiger partial charge is 0.0613 e. The van der Waals surface area contributed by atoms with Gasteiger partial charge in [0, 0.05) is 30.9 Å². The van der Waals surface area contributed by atoms with E-state index in [1.807, 2.05) is 0 Å². The van der Waals surface area contributed by atoms with Crippen molar-refractivity contribution >= 4 is 5.69 Å². The Bertz CT molecular complexity index is 461. The Balaban J connectivity index is 1.56. The lowest BCUT2D eigenvalue weighted by atomic mass is 9.96. The van der Waals surface area contributed by atoms with Crippen LogP contribution in [0, 0.1) is 5.92 Å². The minimum Gasteiger partial charge on any atom is -0.394 e. The largest absolute Gasteiger partial charge is 0.394 e. The zero-order valence-electron chi connectivity index (χ0n) is 13.9. The first-order valence-corrected chi connectivity index (χ1v) is 8.91. The molecule has 0 aromatic heterocycles. The summed E-state index contributed by atoms with van der Waals surface area (Å²) in [6.45, 7) is 5.61. The molecule has 1 heterocycles. The monoisotopic (exact) mass is 302 g/mol. The van der Waals surface area contributed by atoms with Crippen LogP contribution >= 0.6 is 0 Å². The maximum atomic E-state index is 9.65. The minimum absolute atomic E-state index is 0.108. The first-order chi connectivity index (χ1) is 10.7. The third kappa shape index (κ3) is 3.82. The molecule has 1 atom stereocenters. The molecule has 1 aromatic carbocycles. The SMILES string of the molecule is CC(CO)(NCc1ccc(N2CCCCCC2)cc1)C1CC1. The maximum absolute atomic E-state index is 9.65. The van der Waals surface area contributed by atoms with Gasteiger partial charge in [-0.3, -0.25) is 0 Å². The van der Waals surface area contributed by atoms with E-state index in [9.17, 15) is 5.11 Å². The molecule has 1 saturated carbocycles. The van der Waals surface area contributed by atoms with Crippen molar-refractivity contribution in [3.05, 3.63) is 29.8 Å². The molecule has 3 nitrogen and oxygen atoms in total. The zero-order valence-corrected chi connectivity index (χ0v) is 13.9. The van der Waals surface area contributed by atoms with E-state index in [1.54, 1.807) is 0 Å². The summed E-state index contributed by atoms with van der Waals surface area (Å²) in [6.07, 6.45) is 7.88. The number of nitrogens with one attached hydrogen (secondary N) is 1. The number of anilines is 1. The van der Waals surface area contributed by atoms with Crippen LogP contribution in [0.5, 0.6) is 0 Å². The third-order valence-corrected chi connectivity index (χ3v) is 5.41. The van der Waals surface area contributed by atoms with Gasteiger partial charge in [0.2, 0.25) is 0 Å². The van der Waals surface area contributed by atoms with E-state index in [2.05, 4.69) is 41.4 Å². The molecule has 0 amide bonds. The molecule has 3 rings (SSSR count). The van der Waals surface area contributed by atoms with Crippen LogP contribution in [0.2, 0.25) is 0 Å². The first-order valence-electron chi connectivity index (χ1n) is 8.91. The Morgan fingerprint density at radius 3 is 2.27 bits per heavy atom. The lowest BCUT2D eigenvalue weighted by molar-refractivity contribution is 0.153. The molecule has 1 saturated heterocycles. The van der Waals surface area contributed by atoms with Gasteiger partial charge in [0.1, 0.15) is 0 Å². The predicted molar refractivity (Wildman–Crippen MR) is 92.2 cm³/mol. The van der Waals surface area contributed by atoms with Crippen LogP contribution in [0.1, 0.15) is 51.0 Å². The summed E-state index contributed by atoms with van der Waals surface area (Å²) >= 11 is 0. The Labute approximate surface area is 134 Å². The molecular weight excluding hydrogens is 272 g/mol. The van der Waals surface area contributed by atoms with E-state index in [-0.39, 0.29) is 12.1 Å². The number of hydrogen-bond acceptors (Lipinski definition) is 3. The fourth-order valence-electron chi connectivity index (χ4n) is 3.51. The van der Waals surface area contributed by atoms with Crippen LogP contribution in [0.4, 0.5) is 5.69 Å². The first kappa shape index (κ1) is 15.8. The molecule has 1 aliphatic carbocycles. The summed E-state index contributed by atoms with van der Waals surface area (Å²) in [5.74, 6) is 0.647. The minimum atomic E-state index is -0.108. The normalized spacial score (nSPS) is 22.2. The molecule has 3 heteroatoms. The average Bonchev–Trinajstić information content (AvgIpc) is 3.39. The molecule has 1 aromatic rings. The number of aliphatic hydroxyl groups excluding tert-OH is 1. The van der Waals surface area contributed by atoms with Crippen molar-refractivity contribution in [3.8, 4) is 0 Å². The van der Waals surface area contributed by atoms with Crippen molar-refractivity contribution in [2.75, 3.05) is 24.6 Å². The molecule has 2 fully saturated rings. The van der Waals surface area contributed by atoms with E-state index in [0.717, 1.165) is 6.54 Å². The average molecular weight is 302 g/mol. The summed E-state index contributed by atoms with van der Waals surface area (Å²) in [5, 5.41) is 13.2. The molecular formula is C19H30N2O. The second-order valence-corrected chi connectivity index (χ2v) is 7.27. The maximum Gasteiger partial charge on any atom is 0.0613 e. The van der Waals surface area contributed by atoms with Gasteiger partial charge in [-0.05, 0) is 56.2 Å². The van der Waals surface area contributed by atoms with Crippen LogP contribution in [0.25, 0.3) is 0 Å². The topological polar surface area (TPSA) is 35.5 Å². The highest BCUT2D eigenvalue weighted by molar-refractivity contribution is 5.47. The fraction of sp³-hybridized carbons (Fsp3) is 0.684. The summed E-state index contributed by atoms with van der Waals surface area (Å²) in [7, 11) is 0. The van der Waals surface area contributed by atoms with Gasteiger partial charge in [-0.1, -0.05) is 25.0 Å². The predicted octanol–water partition coefficient (Wildman–Crippen LogP) is 3.32. The van der Waals surface area contributed by atoms with Gasteiger partial charge in [-0.2, -0.15) is 0 Å². The van der Waals surface area contributed by atoms with Crippen molar-refractivity contribution in [2.45, 2.75) is 57.5 Å². The van der Waals surface area contributed by atoms with Gasteiger partial charge in [0.15, 0.2) is 0 Å². The van der Waals surface area contributed by atoms with E-state index in [4.69, 9.17) is 0 Å². The van der Waals surface area contributed by atoms with Gasteiger partial charge in [0.25, 0.3) is 0 Å². The number of benzene rings is 1. The summed E-state index contributed by atoms with van der Waals surface area (Å²) in [6, 6.07) is 8.99. The van der Waals surface area contributed by atoms with Crippen LogP contribution < -0.4 is 10.2 Å². The highest BCUT2D eigenvalue weighted by Gasteiger charge is 2.40. The van der Waals surface area contributed by atoms with Crippen molar-refractivity contribution in [1.29, 1.82) is 0 Å². The van der Waals surface area contributed by atoms with Crippen LogP contribution in [-0.2, 0) is 6.54 Å². The highest BCUT2D eigenvalue weighted by Crippen LogP contribution is 2.39. The molecule has 1 unspecified atom stereocenters. The van der Waals surface area contributed by atoms with Crippen LogP contribution in [-0.4, -0.2) is 30.3 Å². The van der Waals surface area contributed by atoms with Crippen molar-refractivity contribution in [3.63, 3.8) is 0 Å². The van der Waals surface area contributed by atoms with Crippen molar-refractivity contribution in [2.24, 2.45) is 5.92 Å². The van der Waals surface area contributed by atoms with E-state index >= 15 is 0 Å². The molecule has 2 N–H and O–H groups in total. The van der Waals surface area contributed by atoms with E-state index in [0.29, 0.717) is 5.92 Å². The number of rotatable bonds is 6.